The maximum atomic E-state index is 12.1. The quantitative estimate of drug-likeness (QED) is 0.622. The number of esters is 1. The first kappa shape index (κ1) is 18.7. The number of nitrogens with one attached hydrogen (secondary N) is 1. The van der Waals surface area contributed by atoms with Crippen LogP contribution in [0.25, 0.3) is 0 Å². The average molecular weight is 369 g/mol. The smallest absolute Gasteiger partial charge is 0.340 e. The predicted molar refractivity (Wildman–Crippen MR) is 102 cm³/mol. The maximum Gasteiger partial charge on any atom is 0.340 e. The van der Waals surface area contributed by atoms with Gasteiger partial charge < -0.3 is 20.1 Å². The van der Waals surface area contributed by atoms with E-state index in [1.165, 1.54) is 31.2 Å². The number of hydrogen-bond acceptors (Lipinski definition) is 6. The highest BCUT2D eigenvalue weighted by Crippen LogP contribution is 2.18. The number of anilines is 2. The highest BCUT2D eigenvalue weighted by molar-refractivity contribution is 5.95. The van der Waals surface area contributed by atoms with Crippen LogP contribution in [0, 0.1) is 0 Å². The van der Waals surface area contributed by atoms with Crippen molar-refractivity contribution in [1.29, 1.82) is 0 Å². The lowest BCUT2D eigenvalue weighted by molar-refractivity contribution is -0.119. The molecule has 7 heteroatoms. The molecular weight excluding hydrogens is 346 g/mol. The van der Waals surface area contributed by atoms with Crippen LogP contribution in [-0.2, 0) is 9.53 Å². The minimum Gasteiger partial charge on any atom is -0.508 e. The van der Waals surface area contributed by atoms with Crippen LogP contribution in [0.15, 0.2) is 42.6 Å². The lowest BCUT2D eigenvalue weighted by Gasteiger charge is -2.21. The molecular formula is C20H23N3O4. The van der Waals surface area contributed by atoms with Crippen molar-refractivity contribution < 1.29 is 19.4 Å². The van der Waals surface area contributed by atoms with Gasteiger partial charge in [-0.1, -0.05) is 12.8 Å². The van der Waals surface area contributed by atoms with Crippen LogP contribution in [0.4, 0.5) is 11.5 Å². The molecule has 0 atom stereocenters. The van der Waals surface area contributed by atoms with Crippen LogP contribution in [-0.4, -0.2) is 41.7 Å². The zero-order valence-corrected chi connectivity index (χ0v) is 15.1. The van der Waals surface area contributed by atoms with Crippen LogP contribution >= 0.6 is 0 Å². The Bertz CT molecular complexity index is 767. The molecule has 7 nitrogen and oxygen atoms in total. The summed E-state index contributed by atoms with van der Waals surface area (Å²) in [5.74, 6) is -0.0805. The van der Waals surface area contributed by atoms with Crippen molar-refractivity contribution in [2.24, 2.45) is 0 Å². The Morgan fingerprint density at radius 3 is 2.37 bits per heavy atom. The Morgan fingerprint density at radius 2 is 1.74 bits per heavy atom. The summed E-state index contributed by atoms with van der Waals surface area (Å²) >= 11 is 0. The Kier molecular flexibility index (Phi) is 6.25. The number of nitrogens with zero attached hydrogens (tertiary/aromatic N) is 2. The van der Waals surface area contributed by atoms with Crippen LogP contribution in [0.5, 0.6) is 5.75 Å². The normalized spacial score (nSPS) is 14.3. The highest BCUT2D eigenvalue weighted by atomic mass is 16.5. The van der Waals surface area contributed by atoms with E-state index in [1.807, 2.05) is 6.07 Å². The lowest BCUT2D eigenvalue weighted by Crippen LogP contribution is -2.25. The van der Waals surface area contributed by atoms with Crippen molar-refractivity contribution in [3.8, 4) is 5.75 Å². The Morgan fingerprint density at radius 1 is 1.04 bits per heavy atom. The molecule has 1 aromatic carbocycles. The fourth-order valence-corrected chi connectivity index (χ4v) is 2.95. The molecule has 2 heterocycles. The summed E-state index contributed by atoms with van der Waals surface area (Å²) in [6.45, 7) is 1.57. The third-order valence-corrected chi connectivity index (χ3v) is 4.40. The number of carbonyl (C=O) groups is 2. The van der Waals surface area contributed by atoms with Crippen LogP contribution < -0.4 is 10.2 Å². The molecule has 27 heavy (non-hydrogen) atoms. The van der Waals surface area contributed by atoms with Gasteiger partial charge in [0.15, 0.2) is 6.61 Å². The molecule has 0 saturated carbocycles. The first-order valence-corrected chi connectivity index (χ1v) is 9.09. The molecule has 1 aliphatic heterocycles. The van der Waals surface area contributed by atoms with E-state index in [1.54, 1.807) is 18.2 Å². The van der Waals surface area contributed by atoms with Crippen molar-refractivity contribution >= 4 is 23.4 Å². The van der Waals surface area contributed by atoms with E-state index in [9.17, 15) is 14.7 Å². The van der Waals surface area contributed by atoms with Gasteiger partial charge in [-0.05, 0) is 49.2 Å². The van der Waals surface area contributed by atoms with Gasteiger partial charge in [0.25, 0.3) is 5.91 Å². The summed E-state index contributed by atoms with van der Waals surface area (Å²) in [6, 6.07) is 9.52. The van der Waals surface area contributed by atoms with Gasteiger partial charge in [0.05, 0.1) is 5.56 Å². The van der Waals surface area contributed by atoms with Gasteiger partial charge in [0, 0.05) is 25.0 Å². The number of carbonyl (C=O) groups excluding carboxylic acids is 2. The van der Waals surface area contributed by atoms with E-state index in [0.717, 1.165) is 31.7 Å². The number of aromatic hydroxyl groups is 1. The monoisotopic (exact) mass is 369 g/mol. The fraction of sp³-hybridized carbons (Fsp3) is 0.350. The summed E-state index contributed by atoms with van der Waals surface area (Å²) in [4.78, 5) is 30.6. The molecule has 0 unspecified atom stereocenters. The largest absolute Gasteiger partial charge is 0.508 e. The number of rotatable bonds is 5. The third-order valence-electron chi connectivity index (χ3n) is 4.40. The molecule has 3 rings (SSSR count). The molecule has 1 aromatic heterocycles. The van der Waals surface area contributed by atoms with Crippen molar-refractivity contribution in [2.45, 2.75) is 25.7 Å². The second-order valence-corrected chi connectivity index (χ2v) is 6.48. The molecule has 1 amide bonds. The molecule has 142 valence electrons. The van der Waals surface area contributed by atoms with E-state index in [0.29, 0.717) is 11.3 Å². The summed E-state index contributed by atoms with van der Waals surface area (Å²) in [5, 5.41) is 11.8. The first-order chi connectivity index (χ1) is 13.1. The SMILES string of the molecule is O=C(COC(=O)c1ccc(N2CCCCCC2)nc1)Nc1ccc(O)cc1. The second-order valence-electron chi connectivity index (χ2n) is 6.48. The molecule has 0 bridgehead atoms. The van der Waals surface area contributed by atoms with Gasteiger partial charge in [-0.15, -0.1) is 0 Å². The average Bonchev–Trinajstić information content (AvgIpc) is 2.97. The highest BCUT2D eigenvalue weighted by Gasteiger charge is 2.14. The van der Waals surface area contributed by atoms with Crippen LogP contribution in [0.3, 0.4) is 0 Å². The van der Waals surface area contributed by atoms with E-state index < -0.39 is 18.5 Å². The summed E-state index contributed by atoms with van der Waals surface area (Å²) < 4.78 is 5.04. The molecule has 1 saturated heterocycles. The number of aromatic nitrogens is 1. The van der Waals surface area contributed by atoms with Gasteiger partial charge in [-0.25, -0.2) is 9.78 Å². The molecule has 1 aliphatic rings. The Balaban J connectivity index is 1.50. The van der Waals surface area contributed by atoms with E-state index >= 15 is 0 Å². The summed E-state index contributed by atoms with van der Waals surface area (Å²) in [7, 11) is 0. The van der Waals surface area contributed by atoms with Gasteiger partial charge in [0.2, 0.25) is 0 Å². The molecule has 0 aliphatic carbocycles. The van der Waals surface area contributed by atoms with Crippen LogP contribution in [0.2, 0.25) is 0 Å². The number of pyridine rings is 1. The molecule has 2 aromatic rings. The minimum absolute atomic E-state index is 0.107. The number of amides is 1. The van der Waals surface area contributed by atoms with Crippen molar-refractivity contribution in [2.75, 3.05) is 29.9 Å². The number of phenols is 1. The number of benzene rings is 1. The number of ether oxygens (including phenoxy) is 1. The molecule has 0 radical (unpaired) electrons. The lowest BCUT2D eigenvalue weighted by atomic mass is 10.2. The van der Waals surface area contributed by atoms with Crippen molar-refractivity contribution in [3.05, 3.63) is 48.2 Å². The number of phenolic OH excluding ortho intramolecular Hbond substituents is 1. The number of hydrogen-bond donors (Lipinski definition) is 2. The van der Waals surface area contributed by atoms with Crippen molar-refractivity contribution in [3.63, 3.8) is 0 Å². The van der Waals surface area contributed by atoms with Crippen molar-refractivity contribution in [1.82, 2.24) is 4.98 Å². The van der Waals surface area contributed by atoms with Gasteiger partial charge in [0.1, 0.15) is 11.6 Å². The zero-order valence-electron chi connectivity index (χ0n) is 15.1. The first-order valence-electron chi connectivity index (χ1n) is 9.09. The predicted octanol–water partition coefficient (Wildman–Crippen LogP) is 2.96. The van der Waals surface area contributed by atoms with E-state index in [4.69, 9.17) is 4.74 Å². The summed E-state index contributed by atoms with van der Waals surface area (Å²) in [5.41, 5.74) is 0.823. The molecule has 0 spiro atoms. The Hall–Kier alpha value is -3.09. The summed E-state index contributed by atoms with van der Waals surface area (Å²) in [6.07, 6.45) is 6.28. The van der Waals surface area contributed by atoms with Gasteiger partial charge >= 0.3 is 5.97 Å². The second kappa shape index (κ2) is 9.02. The molecule has 1 fully saturated rings. The van der Waals surface area contributed by atoms with E-state index in [2.05, 4.69) is 15.2 Å². The fourth-order valence-electron chi connectivity index (χ4n) is 2.95. The third kappa shape index (κ3) is 5.44. The van der Waals surface area contributed by atoms with Gasteiger partial charge in [-0.3, -0.25) is 4.79 Å². The topological polar surface area (TPSA) is 91.8 Å². The van der Waals surface area contributed by atoms with Crippen LogP contribution in [0.1, 0.15) is 36.0 Å². The van der Waals surface area contributed by atoms with Gasteiger partial charge in [-0.2, -0.15) is 0 Å². The minimum atomic E-state index is -0.592. The molecule has 2 N–H and O–H groups in total. The zero-order chi connectivity index (χ0) is 19.1. The standard InChI is InChI=1S/C20H23N3O4/c24-17-8-6-16(7-9-17)22-19(25)14-27-20(26)15-5-10-18(21-13-15)23-11-3-1-2-4-12-23/h5-10,13,24H,1-4,11-12,14H2,(H,22,25). The Labute approximate surface area is 158 Å². The van der Waals surface area contributed by atoms with E-state index in [-0.39, 0.29) is 5.75 Å². The maximum absolute atomic E-state index is 12.1.